The molecule has 5 heteroatoms. The van der Waals surface area contributed by atoms with E-state index >= 15 is 0 Å². The van der Waals surface area contributed by atoms with Crippen LogP contribution in [0.2, 0.25) is 0 Å². The standard InChI is InChI=1S/C9H16F3NO/c1-13-6-7-3-2-4-8(14,5-7)9(10,11)12/h7,13-14H,2-6H2,1H3. The molecule has 2 atom stereocenters. The van der Waals surface area contributed by atoms with Crippen molar-refractivity contribution in [3.05, 3.63) is 0 Å². The van der Waals surface area contributed by atoms with Crippen LogP contribution in [-0.2, 0) is 0 Å². The van der Waals surface area contributed by atoms with Crippen LogP contribution < -0.4 is 5.32 Å². The van der Waals surface area contributed by atoms with Gasteiger partial charge in [-0.3, -0.25) is 0 Å². The van der Waals surface area contributed by atoms with E-state index in [-0.39, 0.29) is 18.8 Å². The molecule has 84 valence electrons. The first-order chi connectivity index (χ1) is 6.39. The Morgan fingerprint density at radius 3 is 2.64 bits per heavy atom. The lowest BCUT2D eigenvalue weighted by atomic mass is 9.77. The van der Waals surface area contributed by atoms with Crippen molar-refractivity contribution < 1.29 is 18.3 Å². The SMILES string of the molecule is CNCC1CCCC(O)(C(F)(F)F)C1. The number of alkyl halides is 3. The fourth-order valence-electron chi connectivity index (χ4n) is 2.09. The molecule has 0 heterocycles. The van der Waals surface area contributed by atoms with Crippen molar-refractivity contribution in [3.63, 3.8) is 0 Å². The van der Waals surface area contributed by atoms with Crippen LogP contribution in [0.15, 0.2) is 0 Å². The van der Waals surface area contributed by atoms with Crippen molar-refractivity contribution in [2.45, 2.75) is 37.5 Å². The monoisotopic (exact) mass is 211 g/mol. The van der Waals surface area contributed by atoms with E-state index < -0.39 is 11.8 Å². The summed E-state index contributed by atoms with van der Waals surface area (Å²) in [5.74, 6) is -0.0691. The zero-order valence-corrected chi connectivity index (χ0v) is 8.19. The van der Waals surface area contributed by atoms with Crippen molar-refractivity contribution in [3.8, 4) is 0 Å². The maximum Gasteiger partial charge on any atom is 0.417 e. The van der Waals surface area contributed by atoms with Gasteiger partial charge < -0.3 is 10.4 Å². The highest BCUT2D eigenvalue weighted by atomic mass is 19.4. The molecule has 2 unspecified atom stereocenters. The Kier molecular flexibility index (Phi) is 3.42. The summed E-state index contributed by atoms with van der Waals surface area (Å²) in [7, 11) is 1.71. The molecule has 0 aromatic heterocycles. The lowest BCUT2D eigenvalue weighted by Crippen LogP contribution is -2.49. The molecule has 0 aliphatic heterocycles. The van der Waals surface area contributed by atoms with Crippen LogP contribution in [0.3, 0.4) is 0 Å². The van der Waals surface area contributed by atoms with Gasteiger partial charge in [-0.25, -0.2) is 0 Å². The second kappa shape index (κ2) is 4.06. The second-order valence-corrected chi connectivity index (χ2v) is 4.05. The van der Waals surface area contributed by atoms with E-state index in [1.54, 1.807) is 7.05 Å². The molecule has 0 bridgehead atoms. The smallest absolute Gasteiger partial charge is 0.380 e. The minimum Gasteiger partial charge on any atom is -0.380 e. The Morgan fingerprint density at radius 2 is 2.14 bits per heavy atom. The molecular weight excluding hydrogens is 195 g/mol. The summed E-state index contributed by atoms with van der Waals surface area (Å²) in [5, 5.41) is 12.3. The highest BCUT2D eigenvalue weighted by molar-refractivity contribution is 4.92. The van der Waals surface area contributed by atoms with Gasteiger partial charge in [-0.2, -0.15) is 13.2 Å². The van der Waals surface area contributed by atoms with Crippen LogP contribution >= 0.6 is 0 Å². The molecular formula is C9H16F3NO. The molecule has 1 saturated carbocycles. The average molecular weight is 211 g/mol. The van der Waals surface area contributed by atoms with Gasteiger partial charge in [0.05, 0.1) is 0 Å². The van der Waals surface area contributed by atoms with Crippen LogP contribution in [0.4, 0.5) is 13.2 Å². The zero-order valence-electron chi connectivity index (χ0n) is 8.19. The summed E-state index contributed by atoms with van der Waals surface area (Å²) >= 11 is 0. The summed E-state index contributed by atoms with van der Waals surface area (Å²) in [6.07, 6.45) is -3.60. The van der Waals surface area contributed by atoms with Crippen LogP contribution in [0.1, 0.15) is 25.7 Å². The predicted octanol–water partition coefficient (Wildman–Crippen LogP) is 1.69. The zero-order chi connectivity index (χ0) is 10.8. The van der Waals surface area contributed by atoms with Gasteiger partial charge in [-0.1, -0.05) is 0 Å². The van der Waals surface area contributed by atoms with Crippen molar-refractivity contribution in [1.29, 1.82) is 0 Å². The molecule has 1 aliphatic rings. The van der Waals surface area contributed by atoms with Gasteiger partial charge in [0.2, 0.25) is 0 Å². The van der Waals surface area contributed by atoms with E-state index in [1.165, 1.54) is 0 Å². The molecule has 0 aromatic rings. The Bertz CT molecular complexity index is 193. The van der Waals surface area contributed by atoms with Crippen LogP contribution in [-0.4, -0.2) is 30.5 Å². The van der Waals surface area contributed by atoms with Crippen LogP contribution in [0.5, 0.6) is 0 Å². The molecule has 0 radical (unpaired) electrons. The summed E-state index contributed by atoms with van der Waals surface area (Å²) in [6.45, 7) is 0.540. The molecule has 1 aliphatic carbocycles. The van der Waals surface area contributed by atoms with Gasteiger partial charge in [-0.05, 0) is 45.2 Å². The molecule has 0 saturated heterocycles. The van der Waals surface area contributed by atoms with Crippen molar-refractivity contribution in [1.82, 2.24) is 5.32 Å². The maximum absolute atomic E-state index is 12.5. The summed E-state index contributed by atoms with van der Waals surface area (Å²) in [4.78, 5) is 0. The Morgan fingerprint density at radius 1 is 1.50 bits per heavy atom. The lowest BCUT2D eigenvalue weighted by Gasteiger charge is -2.38. The minimum atomic E-state index is -4.49. The Labute approximate surface area is 81.5 Å². The van der Waals surface area contributed by atoms with Gasteiger partial charge in [-0.15, -0.1) is 0 Å². The fourth-order valence-corrected chi connectivity index (χ4v) is 2.09. The molecule has 0 aromatic carbocycles. The Balaban J connectivity index is 2.62. The van der Waals surface area contributed by atoms with E-state index in [0.29, 0.717) is 13.0 Å². The normalized spacial score (nSPS) is 34.5. The highest BCUT2D eigenvalue weighted by Gasteiger charge is 2.55. The average Bonchev–Trinajstić information content (AvgIpc) is 2.03. The van der Waals surface area contributed by atoms with Crippen molar-refractivity contribution in [2.75, 3.05) is 13.6 Å². The molecule has 1 fully saturated rings. The molecule has 0 amide bonds. The highest BCUT2D eigenvalue weighted by Crippen LogP contribution is 2.43. The molecule has 2 nitrogen and oxygen atoms in total. The van der Waals surface area contributed by atoms with Gasteiger partial charge in [0.1, 0.15) is 0 Å². The molecule has 0 spiro atoms. The third-order valence-corrected chi connectivity index (χ3v) is 2.85. The van der Waals surface area contributed by atoms with Gasteiger partial charge in [0.25, 0.3) is 0 Å². The largest absolute Gasteiger partial charge is 0.417 e. The number of halogens is 3. The predicted molar refractivity (Wildman–Crippen MR) is 46.9 cm³/mol. The number of nitrogens with one attached hydrogen (secondary N) is 1. The summed E-state index contributed by atoms with van der Waals surface area (Å²) < 4.78 is 37.4. The molecule has 1 rings (SSSR count). The van der Waals surface area contributed by atoms with Crippen molar-refractivity contribution in [2.24, 2.45) is 5.92 Å². The van der Waals surface area contributed by atoms with E-state index in [4.69, 9.17) is 0 Å². The summed E-state index contributed by atoms with van der Waals surface area (Å²) in [6, 6.07) is 0. The van der Waals surface area contributed by atoms with Gasteiger partial charge >= 0.3 is 6.18 Å². The number of rotatable bonds is 2. The van der Waals surface area contributed by atoms with E-state index in [2.05, 4.69) is 5.32 Å². The third kappa shape index (κ3) is 2.39. The molecule has 14 heavy (non-hydrogen) atoms. The van der Waals surface area contributed by atoms with Gasteiger partial charge in [0, 0.05) is 0 Å². The first-order valence-electron chi connectivity index (χ1n) is 4.83. The van der Waals surface area contributed by atoms with E-state index in [1.807, 2.05) is 0 Å². The molecule has 2 N–H and O–H groups in total. The topological polar surface area (TPSA) is 32.3 Å². The lowest BCUT2D eigenvalue weighted by molar-refractivity contribution is -0.274. The number of hydrogen-bond donors (Lipinski definition) is 2. The van der Waals surface area contributed by atoms with Crippen LogP contribution in [0.25, 0.3) is 0 Å². The third-order valence-electron chi connectivity index (χ3n) is 2.85. The Hall–Kier alpha value is -0.290. The quantitative estimate of drug-likeness (QED) is 0.728. The van der Waals surface area contributed by atoms with Crippen LogP contribution in [0, 0.1) is 5.92 Å². The first kappa shape index (κ1) is 11.8. The number of aliphatic hydroxyl groups is 1. The summed E-state index contributed by atoms with van der Waals surface area (Å²) in [5.41, 5.74) is -2.45. The van der Waals surface area contributed by atoms with Gasteiger partial charge in [0.15, 0.2) is 5.60 Å². The van der Waals surface area contributed by atoms with E-state index in [0.717, 1.165) is 6.42 Å². The second-order valence-electron chi connectivity index (χ2n) is 4.05. The fraction of sp³-hybridized carbons (Fsp3) is 1.00. The van der Waals surface area contributed by atoms with E-state index in [9.17, 15) is 18.3 Å². The maximum atomic E-state index is 12.5. The number of hydrogen-bond acceptors (Lipinski definition) is 2. The van der Waals surface area contributed by atoms with Crippen molar-refractivity contribution >= 4 is 0 Å². The first-order valence-corrected chi connectivity index (χ1v) is 4.83. The minimum absolute atomic E-state index is 0.0691.